The van der Waals surface area contributed by atoms with E-state index >= 15 is 0 Å². The molecule has 0 fully saturated rings. The maximum absolute atomic E-state index is 12.9. The molecule has 0 spiro atoms. The van der Waals surface area contributed by atoms with Crippen molar-refractivity contribution in [2.45, 2.75) is 46.7 Å². The Labute approximate surface area is 156 Å². The Morgan fingerprint density at radius 1 is 1.04 bits per heavy atom. The zero-order valence-electron chi connectivity index (χ0n) is 16.1. The zero-order chi connectivity index (χ0) is 19.1. The van der Waals surface area contributed by atoms with E-state index in [0.717, 1.165) is 16.7 Å². The molecule has 0 heterocycles. The molecule has 0 aromatic heterocycles. The van der Waals surface area contributed by atoms with Crippen molar-refractivity contribution in [3.05, 3.63) is 70.8 Å². The first-order chi connectivity index (χ1) is 12.4. The van der Waals surface area contributed by atoms with Gasteiger partial charge in [-0.1, -0.05) is 54.1 Å². The Morgan fingerprint density at radius 2 is 1.69 bits per heavy atom. The molecule has 4 nitrogen and oxygen atoms in total. The molecular weight excluding hydrogens is 324 g/mol. The van der Waals surface area contributed by atoms with E-state index in [2.05, 4.69) is 24.4 Å². The van der Waals surface area contributed by atoms with Gasteiger partial charge in [-0.05, 0) is 37.5 Å². The largest absolute Gasteiger partial charge is 0.349 e. The van der Waals surface area contributed by atoms with Gasteiger partial charge in [0.1, 0.15) is 0 Å². The maximum Gasteiger partial charge on any atom is 0.225 e. The standard InChI is InChI=1S/C22H28N2O2/c1-5-24(15-20-9-7-6-8-17(20)3)22(26)14-21(23-18(4)25)19-12-10-16(2)11-13-19/h6-13,21H,5,14-15H2,1-4H3,(H,23,25). The predicted molar refractivity (Wildman–Crippen MR) is 105 cm³/mol. The minimum Gasteiger partial charge on any atom is -0.349 e. The number of rotatable bonds is 7. The summed E-state index contributed by atoms with van der Waals surface area (Å²) in [7, 11) is 0. The van der Waals surface area contributed by atoms with Crippen molar-refractivity contribution >= 4 is 11.8 Å². The van der Waals surface area contributed by atoms with Crippen molar-refractivity contribution in [1.82, 2.24) is 10.2 Å². The van der Waals surface area contributed by atoms with E-state index in [1.807, 2.05) is 55.1 Å². The molecule has 1 N–H and O–H groups in total. The molecule has 0 aliphatic rings. The van der Waals surface area contributed by atoms with Crippen LogP contribution in [0.1, 0.15) is 48.6 Å². The van der Waals surface area contributed by atoms with Crippen molar-refractivity contribution in [3.63, 3.8) is 0 Å². The quantitative estimate of drug-likeness (QED) is 0.821. The first-order valence-electron chi connectivity index (χ1n) is 9.06. The summed E-state index contributed by atoms with van der Waals surface area (Å²) in [4.78, 5) is 26.4. The Hall–Kier alpha value is -2.62. The molecule has 138 valence electrons. The van der Waals surface area contributed by atoms with Crippen LogP contribution in [0.25, 0.3) is 0 Å². The van der Waals surface area contributed by atoms with Crippen LogP contribution in [0.5, 0.6) is 0 Å². The van der Waals surface area contributed by atoms with E-state index in [-0.39, 0.29) is 24.3 Å². The molecule has 2 rings (SSSR count). The number of hydrogen-bond donors (Lipinski definition) is 1. The number of carbonyl (C=O) groups is 2. The van der Waals surface area contributed by atoms with Crippen LogP contribution in [-0.4, -0.2) is 23.3 Å². The average molecular weight is 352 g/mol. The van der Waals surface area contributed by atoms with Gasteiger partial charge in [0.05, 0.1) is 12.5 Å². The molecular formula is C22H28N2O2. The second-order valence-corrected chi connectivity index (χ2v) is 6.70. The van der Waals surface area contributed by atoms with Crippen molar-refractivity contribution < 1.29 is 9.59 Å². The number of benzene rings is 2. The third-order valence-corrected chi connectivity index (χ3v) is 4.59. The van der Waals surface area contributed by atoms with E-state index in [4.69, 9.17) is 0 Å². The molecule has 0 radical (unpaired) electrons. The second-order valence-electron chi connectivity index (χ2n) is 6.70. The van der Waals surface area contributed by atoms with E-state index in [1.165, 1.54) is 12.5 Å². The SMILES string of the molecule is CCN(Cc1ccccc1C)C(=O)CC(NC(C)=O)c1ccc(C)cc1. The number of aryl methyl sites for hydroxylation is 2. The van der Waals surface area contributed by atoms with Gasteiger partial charge >= 0.3 is 0 Å². The number of hydrogen-bond acceptors (Lipinski definition) is 2. The Kier molecular flexibility index (Phi) is 6.96. The Morgan fingerprint density at radius 3 is 2.27 bits per heavy atom. The van der Waals surface area contributed by atoms with E-state index in [0.29, 0.717) is 13.1 Å². The van der Waals surface area contributed by atoms with Crippen molar-refractivity contribution in [2.75, 3.05) is 6.54 Å². The van der Waals surface area contributed by atoms with E-state index in [9.17, 15) is 9.59 Å². The minimum atomic E-state index is -0.313. The van der Waals surface area contributed by atoms with Crippen molar-refractivity contribution in [3.8, 4) is 0 Å². The smallest absolute Gasteiger partial charge is 0.225 e. The summed E-state index contributed by atoms with van der Waals surface area (Å²) in [6.07, 6.45) is 0.252. The zero-order valence-corrected chi connectivity index (χ0v) is 16.1. The van der Waals surface area contributed by atoms with Crippen LogP contribution in [0, 0.1) is 13.8 Å². The predicted octanol–water partition coefficient (Wildman–Crippen LogP) is 3.92. The fourth-order valence-electron chi connectivity index (χ4n) is 2.97. The highest BCUT2D eigenvalue weighted by atomic mass is 16.2. The number of nitrogens with zero attached hydrogens (tertiary/aromatic N) is 1. The molecule has 2 amide bonds. The summed E-state index contributed by atoms with van der Waals surface area (Å²) in [6.45, 7) is 8.76. The first kappa shape index (κ1) is 19.7. The van der Waals surface area contributed by atoms with Gasteiger partial charge in [-0.3, -0.25) is 9.59 Å². The summed E-state index contributed by atoms with van der Waals surface area (Å²) >= 11 is 0. The van der Waals surface area contributed by atoms with Crippen LogP contribution < -0.4 is 5.32 Å². The van der Waals surface area contributed by atoms with Gasteiger partial charge in [-0.25, -0.2) is 0 Å². The van der Waals surface area contributed by atoms with Crippen molar-refractivity contribution in [1.29, 1.82) is 0 Å². The molecule has 0 saturated carbocycles. The Balaban J connectivity index is 2.14. The molecule has 0 bridgehead atoms. The molecule has 2 aromatic carbocycles. The van der Waals surface area contributed by atoms with Gasteiger partial charge in [0.25, 0.3) is 0 Å². The number of carbonyl (C=O) groups excluding carboxylic acids is 2. The third-order valence-electron chi connectivity index (χ3n) is 4.59. The van der Waals surface area contributed by atoms with Gasteiger partial charge in [-0.15, -0.1) is 0 Å². The highest BCUT2D eigenvalue weighted by molar-refractivity contribution is 5.79. The summed E-state index contributed by atoms with van der Waals surface area (Å²) in [5.41, 5.74) is 4.42. The fraction of sp³-hybridized carbons (Fsp3) is 0.364. The van der Waals surface area contributed by atoms with Gasteiger partial charge in [0.2, 0.25) is 11.8 Å². The van der Waals surface area contributed by atoms with Crippen LogP contribution in [0.3, 0.4) is 0 Å². The Bertz CT molecular complexity index is 753. The van der Waals surface area contributed by atoms with Crippen molar-refractivity contribution in [2.24, 2.45) is 0 Å². The van der Waals surface area contributed by atoms with Crippen LogP contribution in [0.15, 0.2) is 48.5 Å². The monoisotopic (exact) mass is 352 g/mol. The van der Waals surface area contributed by atoms with E-state index < -0.39 is 0 Å². The van der Waals surface area contributed by atoms with Gasteiger partial charge in [0.15, 0.2) is 0 Å². The molecule has 1 atom stereocenters. The van der Waals surface area contributed by atoms with Crippen LogP contribution in [0.2, 0.25) is 0 Å². The summed E-state index contributed by atoms with van der Waals surface area (Å²) in [5, 5.41) is 2.91. The normalized spacial score (nSPS) is 11.7. The van der Waals surface area contributed by atoms with Crippen LogP contribution in [-0.2, 0) is 16.1 Å². The highest BCUT2D eigenvalue weighted by Gasteiger charge is 2.21. The highest BCUT2D eigenvalue weighted by Crippen LogP contribution is 2.20. The van der Waals surface area contributed by atoms with Crippen LogP contribution in [0.4, 0.5) is 0 Å². The topological polar surface area (TPSA) is 49.4 Å². The van der Waals surface area contributed by atoms with E-state index in [1.54, 1.807) is 0 Å². The van der Waals surface area contributed by atoms with Crippen LogP contribution >= 0.6 is 0 Å². The average Bonchev–Trinajstić information content (AvgIpc) is 2.60. The van der Waals surface area contributed by atoms with Gasteiger partial charge in [0, 0.05) is 20.0 Å². The lowest BCUT2D eigenvalue weighted by atomic mass is 10.0. The summed E-state index contributed by atoms with van der Waals surface area (Å²) in [5.74, 6) is -0.0968. The molecule has 0 saturated heterocycles. The fourth-order valence-corrected chi connectivity index (χ4v) is 2.97. The molecule has 0 aliphatic carbocycles. The molecule has 2 aromatic rings. The second kappa shape index (κ2) is 9.18. The first-order valence-corrected chi connectivity index (χ1v) is 9.06. The lowest BCUT2D eigenvalue weighted by Gasteiger charge is -2.25. The minimum absolute atomic E-state index is 0.0371. The molecule has 1 unspecified atom stereocenters. The molecule has 4 heteroatoms. The maximum atomic E-state index is 12.9. The lowest BCUT2D eigenvalue weighted by molar-refractivity contribution is -0.132. The van der Waals surface area contributed by atoms with Gasteiger partial charge < -0.3 is 10.2 Å². The third kappa shape index (κ3) is 5.45. The van der Waals surface area contributed by atoms with Gasteiger partial charge in [-0.2, -0.15) is 0 Å². The number of amides is 2. The molecule has 0 aliphatic heterocycles. The lowest BCUT2D eigenvalue weighted by Crippen LogP contribution is -2.35. The number of nitrogens with one attached hydrogen (secondary N) is 1. The molecule has 26 heavy (non-hydrogen) atoms. The summed E-state index contributed by atoms with van der Waals surface area (Å²) in [6, 6.07) is 15.7. The summed E-state index contributed by atoms with van der Waals surface area (Å²) < 4.78 is 0.